The lowest BCUT2D eigenvalue weighted by Gasteiger charge is -2.33. The van der Waals surface area contributed by atoms with Crippen molar-refractivity contribution in [3.8, 4) is 0 Å². The molecule has 0 amide bonds. The van der Waals surface area contributed by atoms with Crippen molar-refractivity contribution >= 4 is 5.97 Å². The number of carbonyl (C=O) groups is 1. The summed E-state index contributed by atoms with van der Waals surface area (Å²) in [5.41, 5.74) is -0.884. The van der Waals surface area contributed by atoms with Crippen LogP contribution < -0.4 is 5.32 Å². The second-order valence-electron chi connectivity index (χ2n) is 5.53. The third-order valence-corrected chi connectivity index (χ3v) is 3.71. The Morgan fingerprint density at radius 1 is 1.53 bits per heavy atom. The van der Waals surface area contributed by atoms with Crippen LogP contribution in [0, 0.1) is 0 Å². The first-order chi connectivity index (χ1) is 9.01. The monoisotopic (exact) mass is 272 g/mol. The number of ether oxygens (including phenoxy) is 1. The second kappa shape index (κ2) is 7.82. The molecule has 2 atom stereocenters. The topological polar surface area (TPSA) is 61.8 Å². The quantitative estimate of drug-likeness (QED) is 0.663. The highest BCUT2D eigenvalue weighted by atomic mass is 16.5. The van der Waals surface area contributed by atoms with Crippen molar-refractivity contribution in [2.45, 2.75) is 51.7 Å². The predicted molar refractivity (Wildman–Crippen MR) is 75.4 cm³/mol. The number of likely N-dealkylation sites (N-methyl/N-ethyl adjacent to an activating group) is 1. The van der Waals surface area contributed by atoms with E-state index >= 15 is 0 Å². The van der Waals surface area contributed by atoms with Gasteiger partial charge in [-0.3, -0.25) is 9.69 Å². The molecule has 0 aromatic rings. The first kappa shape index (κ1) is 16.4. The van der Waals surface area contributed by atoms with Gasteiger partial charge >= 0.3 is 5.97 Å². The Balaban J connectivity index is 2.55. The van der Waals surface area contributed by atoms with E-state index in [1.165, 1.54) is 0 Å². The van der Waals surface area contributed by atoms with E-state index in [2.05, 4.69) is 17.1 Å². The average molecular weight is 272 g/mol. The van der Waals surface area contributed by atoms with E-state index in [0.29, 0.717) is 6.54 Å². The van der Waals surface area contributed by atoms with Crippen LogP contribution in [0.3, 0.4) is 0 Å². The Hall–Kier alpha value is -0.650. The molecule has 1 aliphatic rings. The van der Waals surface area contributed by atoms with Gasteiger partial charge in [0, 0.05) is 19.7 Å². The highest BCUT2D eigenvalue weighted by molar-refractivity contribution is 5.78. The summed E-state index contributed by atoms with van der Waals surface area (Å²) in [5, 5.41) is 12.6. The molecule has 0 radical (unpaired) electrons. The number of rotatable bonds is 9. The lowest BCUT2D eigenvalue weighted by atomic mass is 10.0. The Kier molecular flexibility index (Phi) is 6.75. The summed E-state index contributed by atoms with van der Waals surface area (Å²) >= 11 is 0. The molecule has 1 heterocycles. The smallest absolute Gasteiger partial charge is 0.324 e. The fourth-order valence-corrected chi connectivity index (χ4v) is 2.43. The summed E-state index contributed by atoms with van der Waals surface area (Å²) in [6, 6.07) is 0. The number of nitrogens with one attached hydrogen (secondary N) is 1. The average Bonchev–Trinajstić information content (AvgIpc) is 2.88. The fraction of sp³-hybridized carbons (Fsp3) is 0.929. The molecule has 0 aliphatic carbocycles. The van der Waals surface area contributed by atoms with Crippen molar-refractivity contribution in [1.82, 2.24) is 10.2 Å². The molecule has 0 aromatic heterocycles. The maximum absolute atomic E-state index is 11.5. The van der Waals surface area contributed by atoms with Gasteiger partial charge in [0.15, 0.2) is 0 Å². The first-order valence-corrected chi connectivity index (χ1v) is 7.34. The van der Waals surface area contributed by atoms with Crippen LogP contribution in [0.2, 0.25) is 0 Å². The highest BCUT2D eigenvalue weighted by Gasteiger charge is 2.34. The fourth-order valence-electron chi connectivity index (χ4n) is 2.43. The van der Waals surface area contributed by atoms with E-state index in [0.717, 1.165) is 45.5 Å². The first-order valence-electron chi connectivity index (χ1n) is 7.34. The molecule has 0 bridgehead atoms. The predicted octanol–water partition coefficient (Wildman–Crippen LogP) is 1.33. The summed E-state index contributed by atoms with van der Waals surface area (Å²) in [7, 11) is 0. The number of carboxylic acid groups (broad SMARTS) is 1. The lowest BCUT2D eigenvalue weighted by molar-refractivity contribution is -0.145. The van der Waals surface area contributed by atoms with Gasteiger partial charge in [-0.1, -0.05) is 13.8 Å². The largest absolute Gasteiger partial charge is 0.480 e. The molecule has 1 aliphatic heterocycles. The molecule has 0 aromatic carbocycles. The van der Waals surface area contributed by atoms with Crippen LogP contribution in [-0.4, -0.2) is 60.4 Å². The number of hydrogen-bond acceptors (Lipinski definition) is 4. The zero-order valence-electron chi connectivity index (χ0n) is 12.4. The number of hydrogen-bond donors (Lipinski definition) is 2. The van der Waals surface area contributed by atoms with Gasteiger partial charge in [-0.05, 0) is 39.3 Å². The van der Waals surface area contributed by atoms with Crippen LogP contribution in [0.5, 0.6) is 0 Å². The van der Waals surface area contributed by atoms with E-state index < -0.39 is 11.5 Å². The summed E-state index contributed by atoms with van der Waals surface area (Å²) in [6.45, 7) is 9.62. The minimum Gasteiger partial charge on any atom is -0.480 e. The van der Waals surface area contributed by atoms with E-state index in [1.807, 2.05) is 6.92 Å². The normalized spacial score (nSPS) is 22.6. The van der Waals surface area contributed by atoms with Crippen molar-refractivity contribution in [2.24, 2.45) is 0 Å². The molecule has 0 spiro atoms. The molecule has 0 saturated carbocycles. The van der Waals surface area contributed by atoms with Crippen molar-refractivity contribution in [2.75, 3.05) is 32.8 Å². The van der Waals surface area contributed by atoms with Gasteiger partial charge in [-0.2, -0.15) is 0 Å². The molecule has 1 saturated heterocycles. The van der Waals surface area contributed by atoms with E-state index in [1.54, 1.807) is 6.92 Å². The summed E-state index contributed by atoms with van der Waals surface area (Å²) in [6.07, 6.45) is 3.40. The molecule has 1 rings (SSSR count). The van der Waals surface area contributed by atoms with Gasteiger partial charge in [0.25, 0.3) is 0 Å². The molecular formula is C14H28N2O3. The Labute approximate surface area is 116 Å². The minimum absolute atomic E-state index is 0.268. The SMILES string of the molecule is CCCNC(C)(CN(CC)CC1CCCO1)C(=O)O. The van der Waals surface area contributed by atoms with Crippen molar-refractivity contribution < 1.29 is 14.6 Å². The van der Waals surface area contributed by atoms with Crippen molar-refractivity contribution in [3.63, 3.8) is 0 Å². The standard InChI is InChI=1S/C14H28N2O3/c1-4-8-15-14(3,13(17)18)11-16(5-2)10-12-7-6-9-19-12/h12,15H,4-11H2,1-3H3,(H,17,18). The van der Waals surface area contributed by atoms with Crippen molar-refractivity contribution in [3.05, 3.63) is 0 Å². The van der Waals surface area contributed by atoms with Crippen LogP contribution in [0.4, 0.5) is 0 Å². The molecule has 1 fully saturated rings. The third-order valence-electron chi connectivity index (χ3n) is 3.71. The van der Waals surface area contributed by atoms with Crippen molar-refractivity contribution in [1.29, 1.82) is 0 Å². The molecule has 112 valence electrons. The zero-order valence-corrected chi connectivity index (χ0v) is 12.4. The van der Waals surface area contributed by atoms with E-state index in [4.69, 9.17) is 4.74 Å². The maximum atomic E-state index is 11.5. The molecule has 5 nitrogen and oxygen atoms in total. The number of carboxylic acids is 1. The Morgan fingerprint density at radius 3 is 2.74 bits per heavy atom. The minimum atomic E-state index is -0.884. The number of nitrogens with zero attached hydrogens (tertiary/aromatic N) is 1. The highest BCUT2D eigenvalue weighted by Crippen LogP contribution is 2.15. The zero-order chi connectivity index (χ0) is 14.3. The number of aliphatic carboxylic acids is 1. The maximum Gasteiger partial charge on any atom is 0.324 e. The van der Waals surface area contributed by atoms with E-state index in [-0.39, 0.29) is 6.10 Å². The Bertz CT molecular complexity index is 280. The summed E-state index contributed by atoms with van der Waals surface area (Å²) in [4.78, 5) is 13.7. The van der Waals surface area contributed by atoms with Crippen LogP contribution in [0.1, 0.15) is 40.0 Å². The molecule has 2 unspecified atom stereocenters. The van der Waals surface area contributed by atoms with Crippen LogP contribution in [-0.2, 0) is 9.53 Å². The summed E-state index contributed by atoms with van der Waals surface area (Å²) < 4.78 is 5.63. The molecule has 5 heteroatoms. The van der Waals surface area contributed by atoms with Crippen LogP contribution in [0.25, 0.3) is 0 Å². The van der Waals surface area contributed by atoms with E-state index in [9.17, 15) is 9.90 Å². The van der Waals surface area contributed by atoms with Gasteiger partial charge in [0.2, 0.25) is 0 Å². The second-order valence-corrected chi connectivity index (χ2v) is 5.53. The van der Waals surface area contributed by atoms with Gasteiger partial charge in [-0.25, -0.2) is 0 Å². The van der Waals surface area contributed by atoms with Gasteiger partial charge in [0.1, 0.15) is 5.54 Å². The molecule has 2 N–H and O–H groups in total. The van der Waals surface area contributed by atoms with Gasteiger partial charge < -0.3 is 15.2 Å². The van der Waals surface area contributed by atoms with Gasteiger partial charge in [-0.15, -0.1) is 0 Å². The Morgan fingerprint density at radius 2 is 2.26 bits per heavy atom. The summed E-state index contributed by atoms with van der Waals surface area (Å²) in [5.74, 6) is -0.785. The lowest BCUT2D eigenvalue weighted by Crippen LogP contribution is -2.57. The third kappa shape index (κ3) is 5.09. The molecular weight excluding hydrogens is 244 g/mol. The van der Waals surface area contributed by atoms with Gasteiger partial charge in [0.05, 0.1) is 6.10 Å². The van der Waals surface area contributed by atoms with Crippen LogP contribution >= 0.6 is 0 Å². The molecule has 19 heavy (non-hydrogen) atoms. The van der Waals surface area contributed by atoms with Crippen LogP contribution in [0.15, 0.2) is 0 Å².